The van der Waals surface area contributed by atoms with Crippen molar-refractivity contribution in [2.24, 2.45) is 0 Å². The Labute approximate surface area is 128 Å². The van der Waals surface area contributed by atoms with Gasteiger partial charge in [-0.2, -0.15) is 0 Å². The van der Waals surface area contributed by atoms with Crippen LogP contribution in [0, 0.1) is 0 Å². The fourth-order valence-corrected chi connectivity index (χ4v) is 3.25. The number of hydrogen-bond acceptors (Lipinski definition) is 2. The lowest BCUT2D eigenvalue weighted by atomic mass is 10.0. The van der Waals surface area contributed by atoms with E-state index in [1.807, 2.05) is 0 Å². The van der Waals surface area contributed by atoms with Crippen LogP contribution in [-0.4, -0.2) is 31.1 Å². The van der Waals surface area contributed by atoms with E-state index in [1.165, 1.54) is 48.7 Å². The summed E-state index contributed by atoms with van der Waals surface area (Å²) in [5, 5.41) is 6.41. The number of likely N-dealkylation sites (tertiary alicyclic amines) is 1. The van der Waals surface area contributed by atoms with Crippen molar-refractivity contribution in [2.75, 3.05) is 26.2 Å². The molecule has 2 aromatic carbocycles. The highest BCUT2D eigenvalue weighted by atomic mass is 15.2. The molecular weight excluding hydrogens is 256 g/mol. The summed E-state index contributed by atoms with van der Waals surface area (Å²) >= 11 is 0. The monoisotopic (exact) mass is 282 g/mol. The molecule has 1 aliphatic rings. The average Bonchev–Trinajstić information content (AvgIpc) is 3.04. The number of benzene rings is 2. The largest absolute Gasteiger partial charge is 0.309 e. The topological polar surface area (TPSA) is 15.3 Å². The van der Waals surface area contributed by atoms with Crippen LogP contribution in [0.15, 0.2) is 42.5 Å². The second kappa shape index (κ2) is 7.06. The molecule has 1 fully saturated rings. The Morgan fingerprint density at radius 2 is 1.81 bits per heavy atom. The Hall–Kier alpha value is -1.38. The van der Waals surface area contributed by atoms with Crippen LogP contribution in [0.4, 0.5) is 0 Å². The van der Waals surface area contributed by atoms with Gasteiger partial charge in [0.1, 0.15) is 0 Å². The van der Waals surface area contributed by atoms with E-state index >= 15 is 0 Å². The molecule has 0 amide bonds. The van der Waals surface area contributed by atoms with Crippen molar-refractivity contribution in [1.82, 2.24) is 10.2 Å². The van der Waals surface area contributed by atoms with Gasteiger partial charge in [-0.1, -0.05) is 43.3 Å². The van der Waals surface area contributed by atoms with Crippen LogP contribution in [0.25, 0.3) is 10.8 Å². The molecule has 112 valence electrons. The first-order valence-electron chi connectivity index (χ1n) is 8.31. The Bertz CT molecular complexity index is 573. The Kier molecular flexibility index (Phi) is 4.89. The molecule has 0 bridgehead atoms. The van der Waals surface area contributed by atoms with Gasteiger partial charge < -0.3 is 10.2 Å². The van der Waals surface area contributed by atoms with E-state index < -0.39 is 0 Å². The predicted molar refractivity (Wildman–Crippen MR) is 90.7 cm³/mol. The summed E-state index contributed by atoms with van der Waals surface area (Å²) in [7, 11) is 0. The summed E-state index contributed by atoms with van der Waals surface area (Å²) in [6.07, 6.45) is 3.90. The lowest BCUT2D eigenvalue weighted by Crippen LogP contribution is -2.34. The fraction of sp³-hybridized carbons (Fsp3) is 0.474. The summed E-state index contributed by atoms with van der Waals surface area (Å²) in [6, 6.07) is 16.0. The van der Waals surface area contributed by atoms with Gasteiger partial charge in [0.25, 0.3) is 0 Å². The molecule has 0 spiro atoms. The molecular formula is C19H26N2. The third-order valence-electron chi connectivity index (χ3n) is 4.46. The zero-order valence-corrected chi connectivity index (χ0v) is 13.0. The molecule has 2 heteroatoms. The molecule has 2 nitrogen and oxygen atoms in total. The highest BCUT2D eigenvalue weighted by Gasteiger charge is 2.18. The normalized spacial score (nSPS) is 17.4. The van der Waals surface area contributed by atoms with E-state index in [0.29, 0.717) is 6.04 Å². The van der Waals surface area contributed by atoms with Gasteiger partial charge in [-0.25, -0.2) is 0 Å². The van der Waals surface area contributed by atoms with Crippen molar-refractivity contribution >= 4 is 10.8 Å². The molecule has 1 aliphatic heterocycles. The van der Waals surface area contributed by atoms with Gasteiger partial charge in [-0.05, 0) is 61.3 Å². The maximum absolute atomic E-state index is 3.74. The van der Waals surface area contributed by atoms with E-state index in [1.54, 1.807) is 0 Å². The van der Waals surface area contributed by atoms with Crippen molar-refractivity contribution < 1.29 is 0 Å². The fourth-order valence-electron chi connectivity index (χ4n) is 3.25. The van der Waals surface area contributed by atoms with E-state index in [-0.39, 0.29) is 0 Å². The Morgan fingerprint density at radius 3 is 2.57 bits per heavy atom. The highest BCUT2D eigenvalue weighted by Crippen LogP contribution is 2.22. The zero-order chi connectivity index (χ0) is 14.5. The van der Waals surface area contributed by atoms with Crippen molar-refractivity contribution in [3.8, 4) is 0 Å². The third kappa shape index (κ3) is 3.63. The molecule has 1 atom stereocenters. The summed E-state index contributed by atoms with van der Waals surface area (Å²) in [4.78, 5) is 2.60. The Morgan fingerprint density at radius 1 is 1.05 bits per heavy atom. The lowest BCUT2D eigenvalue weighted by Gasteiger charge is -2.25. The van der Waals surface area contributed by atoms with Gasteiger partial charge in [0.15, 0.2) is 0 Å². The van der Waals surface area contributed by atoms with Gasteiger partial charge in [0.05, 0.1) is 0 Å². The third-order valence-corrected chi connectivity index (χ3v) is 4.46. The highest BCUT2D eigenvalue weighted by molar-refractivity contribution is 5.83. The van der Waals surface area contributed by atoms with Crippen molar-refractivity contribution in [3.05, 3.63) is 48.0 Å². The van der Waals surface area contributed by atoms with Crippen LogP contribution < -0.4 is 5.32 Å². The van der Waals surface area contributed by atoms with Gasteiger partial charge in [0.2, 0.25) is 0 Å². The number of nitrogens with zero attached hydrogens (tertiary/aromatic N) is 1. The van der Waals surface area contributed by atoms with Gasteiger partial charge in [0, 0.05) is 12.6 Å². The average molecular weight is 282 g/mol. The zero-order valence-electron chi connectivity index (χ0n) is 13.0. The smallest absolute Gasteiger partial charge is 0.0449 e. The molecule has 1 N–H and O–H groups in total. The standard InChI is InChI=1S/C19H26N2/c1-2-11-20-19(15-21-12-5-6-13-21)18-10-9-16-7-3-4-8-17(16)14-18/h3-4,7-10,14,19-20H,2,5-6,11-13,15H2,1H3. The maximum atomic E-state index is 3.74. The first-order chi connectivity index (χ1) is 10.4. The van der Waals surface area contributed by atoms with Crippen LogP contribution >= 0.6 is 0 Å². The van der Waals surface area contributed by atoms with E-state index in [2.05, 4.69) is 59.6 Å². The predicted octanol–water partition coefficient (Wildman–Crippen LogP) is 3.98. The lowest BCUT2D eigenvalue weighted by molar-refractivity contribution is 0.292. The molecule has 1 saturated heterocycles. The first kappa shape index (κ1) is 14.6. The molecule has 0 aromatic heterocycles. The van der Waals surface area contributed by atoms with Crippen LogP contribution in [0.5, 0.6) is 0 Å². The number of nitrogens with one attached hydrogen (secondary N) is 1. The summed E-state index contributed by atoms with van der Waals surface area (Å²) in [6.45, 7) is 6.99. The number of rotatable bonds is 6. The summed E-state index contributed by atoms with van der Waals surface area (Å²) in [5.74, 6) is 0. The molecule has 3 rings (SSSR count). The summed E-state index contributed by atoms with van der Waals surface area (Å²) in [5.41, 5.74) is 1.43. The van der Waals surface area contributed by atoms with E-state index in [4.69, 9.17) is 0 Å². The minimum Gasteiger partial charge on any atom is -0.309 e. The maximum Gasteiger partial charge on any atom is 0.0449 e. The van der Waals surface area contributed by atoms with Crippen LogP contribution in [0.1, 0.15) is 37.8 Å². The SMILES string of the molecule is CCCNC(CN1CCCC1)c1ccc2ccccc2c1. The van der Waals surface area contributed by atoms with Gasteiger partial charge in [-0.15, -0.1) is 0 Å². The minimum absolute atomic E-state index is 0.452. The number of fused-ring (bicyclic) bond motifs is 1. The van der Waals surface area contributed by atoms with Crippen LogP contribution in [-0.2, 0) is 0 Å². The molecule has 0 aliphatic carbocycles. The van der Waals surface area contributed by atoms with E-state index in [9.17, 15) is 0 Å². The van der Waals surface area contributed by atoms with Crippen molar-refractivity contribution in [1.29, 1.82) is 0 Å². The number of hydrogen-bond donors (Lipinski definition) is 1. The molecule has 1 heterocycles. The van der Waals surface area contributed by atoms with Crippen LogP contribution in [0.2, 0.25) is 0 Å². The second-order valence-electron chi connectivity index (χ2n) is 6.12. The molecule has 21 heavy (non-hydrogen) atoms. The van der Waals surface area contributed by atoms with Crippen molar-refractivity contribution in [3.63, 3.8) is 0 Å². The van der Waals surface area contributed by atoms with Crippen molar-refractivity contribution in [2.45, 2.75) is 32.2 Å². The van der Waals surface area contributed by atoms with Crippen LogP contribution in [0.3, 0.4) is 0 Å². The molecule has 0 saturated carbocycles. The molecule has 0 radical (unpaired) electrons. The minimum atomic E-state index is 0.452. The van der Waals surface area contributed by atoms with Gasteiger partial charge >= 0.3 is 0 Å². The first-order valence-corrected chi connectivity index (χ1v) is 8.31. The van der Waals surface area contributed by atoms with E-state index in [0.717, 1.165) is 13.1 Å². The quantitative estimate of drug-likeness (QED) is 0.862. The Balaban J connectivity index is 1.81. The molecule has 2 aromatic rings. The molecule has 1 unspecified atom stereocenters. The second-order valence-corrected chi connectivity index (χ2v) is 6.12. The summed E-state index contributed by atoms with van der Waals surface area (Å²) < 4.78 is 0. The van der Waals surface area contributed by atoms with Gasteiger partial charge in [-0.3, -0.25) is 0 Å².